The van der Waals surface area contributed by atoms with Crippen LogP contribution in [0.25, 0.3) is 0 Å². The Labute approximate surface area is 177 Å². The molecule has 0 aliphatic carbocycles. The third-order valence-corrected chi connectivity index (χ3v) is 4.84. The number of alkyl halides is 3. The predicted octanol–water partition coefficient (Wildman–Crippen LogP) is 3.86. The van der Waals surface area contributed by atoms with Gasteiger partial charge >= 0.3 is 12.2 Å². The molecule has 3 rings (SSSR count). The van der Waals surface area contributed by atoms with Crippen molar-refractivity contribution in [1.29, 1.82) is 0 Å². The van der Waals surface area contributed by atoms with Gasteiger partial charge in [0.15, 0.2) is 0 Å². The second kappa shape index (κ2) is 9.13. The largest absolute Gasteiger partial charge is 0.406 e. The number of nitrogens with zero attached hydrogens (tertiary/aromatic N) is 4. The average Bonchev–Trinajstić information content (AvgIpc) is 3.05. The van der Waals surface area contributed by atoms with Crippen molar-refractivity contribution >= 4 is 17.4 Å². The lowest BCUT2D eigenvalue weighted by atomic mass is 10.2. The van der Waals surface area contributed by atoms with E-state index >= 15 is 0 Å². The molecule has 2 aromatic rings. The van der Waals surface area contributed by atoms with Crippen LogP contribution >= 0.6 is 0 Å². The van der Waals surface area contributed by atoms with Gasteiger partial charge in [-0.3, -0.25) is 0 Å². The number of hydrogen-bond donors (Lipinski definition) is 1. The zero-order valence-electron chi connectivity index (χ0n) is 17.5. The molecule has 0 spiro atoms. The molecule has 0 saturated carbocycles. The molecule has 2 atom stereocenters. The van der Waals surface area contributed by atoms with E-state index in [-0.39, 0.29) is 30.3 Å². The molecule has 0 unspecified atom stereocenters. The number of amides is 2. The van der Waals surface area contributed by atoms with Gasteiger partial charge in [-0.05, 0) is 32.0 Å². The van der Waals surface area contributed by atoms with Gasteiger partial charge in [0.2, 0.25) is 0 Å². The normalized spacial score (nSPS) is 19.4. The quantitative estimate of drug-likeness (QED) is 0.713. The maximum absolute atomic E-state index is 14.7. The molecule has 0 radical (unpaired) electrons. The summed E-state index contributed by atoms with van der Waals surface area (Å²) in [5, 5.41) is 2.55. The first-order chi connectivity index (χ1) is 14.5. The van der Waals surface area contributed by atoms with Crippen molar-refractivity contribution in [3.63, 3.8) is 0 Å². The van der Waals surface area contributed by atoms with Crippen LogP contribution in [0.2, 0.25) is 0 Å². The van der Waals surface area contributed by atoms with Gasteiger partial charge < -0.3 is 24.4 Å². The molecular weight excluding hydrogens is 418 g/mol. The van der Waals surface area contributed by atoms with Gasteiger partial charge in [0.05, 0.1) is 24.4 Å². The standard InChI is InChI=1S/C20H25F4N5O2/c1-13-9-29(10-14(2)31-13)17-5-4-15(8-16(17)21)26-19(30)27(3)11-18-25-6-7-28(18)12-20(22,23)24/h4-8,13-14H,9-12H2,1-3H3,(H,26,30)/t13-,14-/m1/s1. The van der Waals surface area contributed by atoms with Crippen LogP contribution in [0.15, 0.2) is 30.6 Å². The summed E-state index contributed by atoms with van der Waals surface area (Å²) in [4.78, 5) is 19.4. The van der Waals surface area contributed by atoms with E-state index in [0.29, 0.717) is 18.8 Å². The van der Waals surface area contributed by atoms with Crippen molar-refractivity contribution < 1.29 is 27.1 Å². The Bertz CT molecular complexity index is 907. The summed E-state index contributed by atoms with van der Waals surface area (Å²) in [6, 6.07) is 3.80. The highest BCUT2D eigenvalue weighted by Gasteiger charge is 2.29. The van der Waals surface area contributed by atoms with Crippen molar-refractivity contribution in [3.05, 3.63) is 42.2 Å². The number of ether oxygens (including phenoxy) is 1. The lowest BCUT2D eigenvalue weighted by molar-refractivity contribution is -0.141. The smallest absolute Gasteiger partial charge is 0.372 e. The van der Waals surface area contributed by atoms with Crippen molar-refractivity contribution in [2.24, 2.45) is 0 Å². The van der Waals surface area contributed by atoms with E-state index in [4.69, 9.17) is 4.74 Å². The Balaban J connectivity index is 1.63. The number of morpholine rings is 1. The molecular formula is C20H25F4N5O2. The molecule has 1 fully saturated rings. The van der Waals surface area contributed by atoms with E-state index in [0.717, 1.165) is 4.57 Å². The first-order valence-corrected chi connectivity index (χ1v) is 9.80. The fraction of sp³-hybridized carbons (Fsp3) is 0.500. The van der Waals surface area contributed by atoms with Crippen LogP contribution in [0, 0.1) is 5.82 Å². The van der Waals surface area contributed by atoms with Crippen molar-refractivity contribution in [2.75, 3.05) is 30.4 Å². The number of rotatable bonds is 5. The zero-order chi connectivity index (χ0) is 22.8. The molecule has 7 nitrogen and oxygen atoms in total. The summed E-state index contributed by atoms with van der Waals surface area (Å²) in [6.45, 7) is 3.62. The van der Waals surface area contributed by atoms with Gasteiger partial charge in [-0.1, -0.05) is 0 Å². The number of nitrogens with one attached hydrogen (secondary N) is 1. The minimum Gasteiger partial charge on any atom is -0.372 e. The number of hydrogen-bond acceptors (Lipinski definition) is 4. The van der Waals surface area contributed by atoms with Gasteiger partial charge in [-0.25, -0.2) is 14.2 Å². The summed E-state index contributed by atoms with van der Waals surface area (Å²) in [5.74, 6) is -0.394. The molecule has 1 aliphatic rings. The van der Waals surface area contributed by atoms with E-state index < -0.39 is 24.6 Å². The molecule has 1 aromatic carbocycles. The highest BCUT2D eigenvalue weighted by Crippen LogP contribution is 2.26. The van der Waals surface area contributed by atoms with Crippen LogP contribution in [0.4, 0.5) is 33.7 Å². The predicted molar refractivity (Wildman–Crippen MR) is 107 cm³/mol. The monoisotopic (exact) mass is 443 g/mol. The number of carbonyl (C=O) groups is 1. The summed E-state index contributed by atoms with van der Waals surface area (Å²) in [6.07, 6.45) is -2.00. The Hall–Kier alpha value is -2.82. The summed E-state index contributed by atoms with van der Waals surface area (Å²) >= 11 is 0. The third-order valence-electron chi connectivity index (χ3n) is 4.84. The fourth-order valence-corrected chi connectivity index (χ4v) is 3.55. The van der Waals surface area contributed by atoms with Gasteiger partial charge in [-0.15, -0.1) is 0 Å². The van der Waals surface area contributed by atoms with Crippen LogP contribution in [-0.4, -0.2) is 59.0 Å². The van der Waals surface area contributed by atoms with Gasteiger partial charge in [0.25, 0.3) is 0 Å². The van der Waals surface area contributed by atoms with E-state index in [1.54, 1.807) is 12.1 Å². The Morgan fingerprint density at radius 2 is 1.97 bits per heavy atom. The van der Waals surface area contributed by atoms with E-state index in [9.17, 15) is 22.4 Å². The molecule has 1 saturated heterocycles. The van der Waals surface area contributed by atoms with Gasteiger partial charge in [0, 0.05) is 38.2 Å². The number of anilines is 2. The van der Waals surface area contributed by atoms with Crippen molar-refractivity contribution in [2.45, 2.75) is 45.3 Å². The minimum atomic E-state index is -4.40. The van der Waals surface area contributed by atoms with Crippen LogP contribution in [0.5, 0.6) is 0 Å². The number of imidazole rings is 1. The Morgan fingerprint density at radius 1 is 1.29 bits per heavy atom. The first kappa shape index (κ1) is 22.9. The van der Waals surface area contributed by atoms with Crippen LogP contribution < -0.4 is 10.2 Å². The topological polar surface area (TPSA) is 62.6 Å². The van der Waals surface area contributed by atoms with E-state index in [2.05, 4.69) is 10.3 Å². The maximum Gasteiger partial charge on any atom is 0.406 e. The zero-order valence-corrected chi connectivity index (χ0v) is 17.5. The highest BCUT2D eigenvalue weighted by molar-refractivity contribution is 5.89. The fourth-order valence-electron chi connectivity index (χ4n) is 3.55. The van der Waals surface area contributed by atoms with E-state index in [1.807, 2.05) is 18.7 Å². The SMILES string of the molecule is C[C@@H]1CN(c2ccc(NC(=O)N(C)Cc3nccn3CC(F)(F)F)cc2F)C[C@@H](C)O1. The first-order valence-electron chi connectivity index (χ1n) is 9.80. The molecule has 11 heteroatoms. The molecule has 170 valence electrons. The second-order valence-corrected chi connectivity index (χ2v) is 7.70. The highest BCUT2D eigenvalue weighted by atomic mass is 19.4. The molecule has 2 amide bonds. The minimum absolute atomic E-state index is 0.0268. The number of carbonyl (C=O) groups excluding carboxylic acids is 1. The molecule has 1 aliphatic heterocycles. The van der Waals surface area contributed by atoms with Crippen LogP contribution in [0.1, 0.15) is 19.7 Å². The average molecular weight is 443 g/mol. The summed E-state index contributed by atoms with van der Waals surface area (Å²) in [5.41, 5.74) is 0.661. The number of halogens is 4. The van der Waals surface area contributed by atoms with Crippen molar-refractivity contribution in [3.8, 4) is 0 Å². The lowest BCUT2D eigenvalue weighted by Gasteiger charge is -2.37. The molecule has 1 N–H and O–H groups in total. The Morgan fingerprint density at radius 3 is 2.58 bits per heavy atom. The maximum atomic E-state index is 14.7. The molecule has 0 bridgehead atoms. The number of aromatic nitrogens is 2. The number of benzene rings is 1. The molecule has 2 heterocycles. The van der Waals surface area contributed by atoms with Crippen LogP contribution in [0.3, 0.4) is 0 Å². The van der Waals surface area contributed by atoms with E-state index in [1.165, 1.54) is 30.4 Å². The number of urea groups is 1. The van der Waals surface area contributed by atoms with Crippen molar-refractivity contribution in [1.82, 2.24) is 14.5 Å². The summed E-state index contributed by atoms with van der Waals surface area (Å²) in [7, 11) is 1.42. The second-order valence-electron chi connectivity index (χ2n) is 7.70. The molecule has 31 heavy (non-hydrogen) atoms. The third kappa shape index (κ3) is 6.09. The Kier molecular flexibility index (Phi) is 6.73. The summed E-state index contributed by atoms with van der Waals surface area (Å²) < 4.78 is 59.2. The van der Waals surface area contributed by atoms with Gasteiger partial charge in [-0.2, -0.15) is 13.2 Å². The molecule has 1 aromatic heterocycles. The van der Waals surface area contributed by atoms with Gasteiger partial charge in [0.1, 0.15) is 18.2 Å². The van der Waals surface area contributed by atoms with Crippen LogP contribution in [-0.2, 0) is 17.8 Å². The lowest BCUT2D eigenvalue weighted by Crippen LogP contribution is -2.45.